The van der Waals surface area contributed by atoms with Crippen LogP contribution >= 0.6 is 0 Å². The highest BCUT2D eigenvalue weighted by atomic mass is 16.5. The number of fused-ring (bicyclic) bond motifs is 6. The zero-order valence-corrected chi connectivity index (χ0v) is 27.2. The van der Waals surface area contributed by atoms with Crippen LogP contribution in [0, 0.1) is 0 Å². The first-order valence-corrected chi connectivity index (χ1v) is 16.1. The molecule has 0 saturated carbocycles. The molecule has 0 bridgehead atoms. The molecule has 2 aliphatic rings. The maximum absolute atomic E-state index is 13.5. The van der Waals surface area contributed by atoms with Gasteiger partial charge in [0.2, 0.25) is 0 Å². The van der Waals surface area contributed by atoms with Gasteiger partial charge in [-0.3, -0.25) is 9.59 Å². The smallest absolute Gasteiger partial charge is 0.197 e. The SMILES string of the molecule is CC(C)(C)Oc1ccc(N2c3ccccc3C(C)(C)c3c2ccc2cc(C=C4C(=O)c5cc6ccccc6cc5C4=O)ccc32)cc1. The van der Waals surface area contributed by atoms with Crippen LogP contribution < -0.4 is 9.64 Å². The molecule has 1 aliphatic heterocycles. The topological polar surface area (TPSA) is 46.6 Å². The first-order valence-electron chi connectivity index (χ1n) is 16.1. The second kappa shape index (κ2) is 10.3. The number of benzene rings is 6. The van der Waals surface area contributed by atoms with Gasteiger partial charge in [0.05, 0.1) is 16.9 Å². The molecule has 0 spiro atoms. The first kappa shape index (κ1) is 29.0. The molecule has 47 heavy (non-hydrogen) atoms. The lowest BCUT2D eigenvalue weighted by atomic mass is 9.71. The zero-order chi connectivity index (χ0) is 32.7. The molecule has 0 saturated heterocycles. The van der Waals surface area contributed by atoms with Crippen molar-refractivity contribution in [1.82, 2.24) is 0 Å². The monoisotopic (exact) mass is 613 g/mol. The van der Waals surface area contributed by atoms with Crippen molar-refractivity contribution in [1.29, 1.82) is 0 Å². The van der Waals surface area contributed by atoms with E-state index in [9.17, 15) is 9.59 Å². The molecule has 0 radical (unpaired) electrons. The molecule has 6 aromatic carbocycles. The summed E-state index contributed by atoms with van der Waals surface area (Å²) in [6, 6.07) is 39.0. The van der Waals surface area contributed by atoms with Gasteiger partial charge in [0, 0.05) is 22.2 Å². The maximum Gasteiger partial charge on any atom is 0.197 e. The van der Waals surface area contributed by atoms with Crippen LogP contribution in [0.4, 0.5) is 17.1 Å². The Hall–Kier alpha value is -5.48. The van der Waals surface area contributed by atoms with Crippen molar-refractivity contribution >= 4 is 56.2 Å². The summed E-state index contributed by atoms with van der Waals surface area (Å²) in [6.07, 6.45) is 1.75. The van der Waals surface area contributed by atoms with Crippen molar-refractivity contribution in [3.63, 3.8) is 0 Å². The number of para-hydroxylation sites is 1. The highest BCUT2D eigenvalue weighted by molar-refractivity contribution is 6.42. The van der Waals surface area contributed by atoms with Crippen molar-refractivity contribution in [3.05, 3.63) is 149 Å². The summed E-state index contributed by atoms with van der Waals surface area (Å²) in [4.78, 5) is 29.3. The van der Waals surface area contributed by atoms with E-state index < -0.39 is 0 Å². The van der Waals surface area contributed by atoms with Crippen molar-refractivity contribution in [2.24, 2.45) is 0 Å². The summed E-state index contributed by atoms with van der Waals surface area (Å²) in [7, 11) is 0. The van der Waals surface area contributed by atoms with Gasteiger partial charge in [-0.05, 0) is 120 Å². The largest absolute Gasteiger partial charge is 0.488 e. The van der Waals surface area contributed by atoms with Gasteiger partial charge in [-0.2, -0.15) is 0 Å². The lowest BCUT2D eigenvalue weighted by molar-refractivity contribution is 0.0990. The molecule has 8 rings (SSSR count). The van der Waals surface area contributed by atoms with Gasteiger partial charge in [0.25, 0.3) is 0 Å². The lowest BCUT2D eigenvalue weighted by Gasteiger charge is -2.42. The van der Waals surface area contributed by atoms with Gasteiger partial charge < -0.3 is 9.64 Å². The van der Waals surface area contributed by atoms with E-state index in [2.05, 4.69) is 100 Å². The Kier molecular flexibility index (Phi) is 6.32. The Bertz CT molecular complexity index is 2260. The fourth-order valence-electron chi connectivity index (χ4n) is 7.33. The van der Waals surface area contributed by atoms with Crippen LogP contribution in [-0.4, -0.2) is 17.2 Å². The molecule has 6 aromatic rings. The van der Waals surface area contributed by atoms with Crippen LogP contribution in [0.2, 0.25) is 0 Å². The number of nitrogens with zero attached hydrogens (tertiary/aromatic N) is 1. The normalized spacial score (nSPS) is 15.1. The van der Waals surface area contributed by atoms with Crippen LogP contribution in [0.25, 0.3) is 27.6 Å². The van der Waals surface area contributed by atoms with Crippen LogP contribution in [0.1, 0.15) is 72.0 Å². The van der Waals surface area contributed by atoms with Gasteiger partial charge in [-0.15, -0.1) is 0 Å². The molecule has 0 fully saturated rings. The predicted octanol–water partition coefficient (Wildman–Crippen LogP) is 10.7. The second-order valence-electron chi connectivity index (χ2n) is 14.1. The number of ether oxygens (including phenoxy) is 1. The highest BCUT2D eigenvalue weighted by Gasteiger charge is 2.38. The van der Waals surface area contributed by atoms with Gasteiger partial charge >= 0.3 is 0 Å². The van der Waals surface area contributed by atoms with Crippen molar-refractivity contribution < 1.29 is 14.3 Å². The molecule has 4 heteroatoms. The molecule has 1 heterocycles. The number of anilines is 3. The van der Waals surface area contributed by atoms with Crippen molar-refractivity contribution in [2.75, 3.05) is 4.90 Å². The fraction of sp³-hybridized carbons (Fsp3) is 0.163. The Labute approximate surface area is 274 Å². The zero-order valence-electron chi connectivity index (χ0n) is 27.2. The summed E-state index contributed by atoms with van der Waals surface area (Å²) >= 11 is 0. The predicted molar refractivity (Wildman–Crippen MR) is 192 cm³/mol. The third kappa shape index (κ3) is 4.67. The number of allylic oxidation sites excluding steroid dienone is 1. The van der Waals surface area contributed by atoms with Gasteiger partial charge in [-0.25, -0.2) is 0 Å². The summed E-state index contributed by atoms with van der Waals surface area (Å²) in [6.45, 7) is 10.7. The third-order valence-corrected chi connectivity index (χ3v) is 9.40. The van der Waals surface area contributed by atoms with E-state index in [0.29, 0.717) is 11.1 Å². The highest BCUT2D eigenvalue weighted by Crippen LogP contribution is 2.54. The quantitative estimate of drug-likeness (QED) is 0.147. The Balaban J connectivity index is 1.23. The molecule has 0 unspecified atom stereocenters. The molecule has 4 nitrogen and oxygen atoms in total. The van der Waals surface area contributed by atoms with E-state index in [1.807, 2.05) is 54.6 Å². The number of Topliss-reactive ketones (excluding diaryl/α,β-unsaturated/α-hetero) is 2. The summed E-state index contributed by atoms with van der Waals surface area (Å²) < 4.78 is 6.12. The molecular weight excluding hydrogens is 578 g/mol. The molecule has 230 valence electrons. The van der Waals surface area contributed by atoms with E-state index in [4.69, 9.17) is 4.74 Å². The van der Waals surface area contributed by atoms with Crippen LogP contribution in [0.3, 0.4) is 0 Å². The molecule has 1 aliphatic carbocycles. The van der Waals surface area contributed by atoms with Crippen LogP contribution in [0.15, 0.2) is 121 Å². The molecule has 0 aromatic heterocycles. The average Bonchev–Trinajstić information content (AvgIpc) is 3.27. The van der Waals surface area contributed by atoms with E-state index >= 15 is 0 Å². The van der Waals surface area contributed by atoms with Crippen LogP contribution in [0.5, 0.6) is 5.75 Å². The van der Waals surface area contributed by atoms with Gasteiger partial charge in [-0.1, -0.05) is 74.5 Å². The number of ketones is 2. The minimum absolute atomic E-state index is 0.214. The molecular formula is C43H35NO3. The van der Waals surface area contributed by atoms with Gasteiger partial charge in [0.1, 0.15) is 11.4 Å². The fourth-order valence-corrected chi connectivity index (χ4v) is 7.33. The standard InChI is InChI=1S/C43H35NO3/c1-42(2,3)47-31-18-16-30(17-19-31)44-37-13-9-8-12-36(37)43(4,5)39-32-20-14-26(22-29(32)15-21-38(39)44)23-35-40(45)33-24-27-10-6-7-11-28(27)25-34(33)41(35)46/h6-25H,1-5H3. The number of hydrogen-bond donors (Lipinski definition) is 0. The molecule has 0 atom stereocenters. The minimum Gasteiger partial charge on any atom is -0.488 e. The number of carbonyl (C=O) groups is 2. The van der Waals surface area contributed by atoms with Crippen molar-refractivity contribution in [2.45, 2.75) is 45.6 Å². The summed E-state index contributed by atoms with van der Waals surface area (Å²) in [5.74, 6) is 0.407. The number of hydrogen-bond acceptors (Lipinski definition) is 4. The molecule has 0 amide bonds. The van der Waals surface area contributed by atoms with Crippen molar-refractivity contribution in [3.8, 4) is 5.75 Å². The Morgan fingerprint density at radius 2 is 1.30 bits per heavy atom. The summed E-state index contributed by atoms with van der Waals surface area (Å²) in [5, 5.41) is 4.11. The van der Waals surface area contributed by atoms with E-state index in [1.54, 1.807) is 6.08 Å². The molecule has 0 N–H and O–H groups in total. The minimum atomic E-state index is -0.280. The lowest BCUT2D eigenvalue weighted by Crippen LogP contribution is -2.31. The second-order valence-corrected chi connectivity index (χ2v) is 14.1. The van der Waals surface area contributed by atoms with Gasteiger partial charge in [0.15, 0.2) is 11.6 Å². The maximum atomic E-state index is 13.5. The van der Waals surface area contributed by atoms with E-state index in [-0.39, 0.29) is 28.2 Å². The Morgan fingerprint density at radius 1 is 0.660 bits per heavy atom. The summed E-state index contributed by atoms with van der Waals surface area (Å²) in [5.41, 5.74) is 7.26. The van der Waals surface area contributed by atoms with Crippen LogP contribution in [-0.2, 0) is 5.41 Å². The van der Waals surface area contributed by atoms with E-state index in [1.165, 1.54) is 11.1 Å². The number of rotatable bonds is 3. The Morgan fingerprint density at radius 3 is 1.96 bits per heavy atom. The first-order chi connectivity index (χ1) is 22.5. The van der Waals surface area contributed by atoms with E-state index in [0.717, 1.165) is 49.9 Å². The third-order valence-electron chi connectivity index (χ3n) is 9.40. The number of carbonyl (C=O) groups excluding carboxylic acids is 2. The average molecular weight is 614 g/mol.